The largest absolute Gasteiger partial charge is 0.464 e. The molecule has 0 atom stereocenters. The maximum absolute atomic E-state index is 11.6. The number of nitrogens with zero attached hydrogens (tertiary/aromatic N) is 3. The lowest BCUT2D eigenvalue weighted by atomic mass is 10.2. The van der Waals surface area contributed by atoms with E-state index in [9.17, 15) is 4.79 Å². The summed E-state index contributed by atoms with van der Waals surface area (Å²) in [6.07, 6.45) is 0.612. The van der Waals surface area contributed by atoms with Crippen molar-refractivity contribution in [3.63, 3.8) is 0 Å². The van der Waals surface area contributed by atoms with Gasteiger partial charge in [0.15, 0.2) is 5.69 Å². The van der Waals surface area contributed by atoms with Crippen molar-refractivity contribution in [3.8, 4) is 11.8 Å². The van der Waals surface area contributed by atoms with Crippen molar-refractivity contribution in [1.82, 2.24) is 9.55 Å². The predicted molar refractivity (Wildman–Crippen MR) is 73.4 cm³/mol. The minimum atomic E-state index is -0.565. The minimum absolute atomic E-state index is 0.105. The second-order valence-corrected chi connectivity index (χ2v) is 4.10. The molecule has 2 rings (SSSR count). The molecule has 0 unspecified atom stereocenters. The number of carbonyl (C=O) groups excluding carboxylic acids is 1. The van der Waals surface area contributed by atoms with Crippen LogP contribution in [-0.4, -0.2) is 22.6 Å². The lowest BCUT2D eigenvalue weighted by Crippen LogP contribution is -2.08. The number of aryl methyl sites for hydroxylation is 1. The monoisotopic (exact) mass is 270 g/mol. The van der Waals surface area contributed by atoms with Crippen molar-refractivity contribution < 1.29 is 9.53 Å². The standard InChI is InChI=1S/C14H14N4O2/c1-3-11-17-12(14(19)20-2)13(16)18(11)10-6-4-9(8-15)5-7-10/h4-7H,3,16H2,1-2H3. The van der Waals surface area contributed by atoms with E-state index in [0.29, 0.717) is 17.8 Å². The Kier molecular flexibility index (Phi) is 3.71. The van der Waals surface area contributed by atoms with Gasteiger partial charge in [-0.2, -0.15) is 5.26 Å². The summed E-state index contributed by atoms with van der Waals surface area (Å²) in [5, 5.41) is 8.81. The van der Waals surface area contributed by atoms with E-state index in [1.54, 1.807) is 28.8 Å². The summed E-state index contributed by atoms with van der Waals surface area (Å²) in [7, 11) is 1.29. The summed E-state index contributed by atoms with van der Waals surface area (Å²) in [6, 6.07) is 8.95. The van der Waals surface area contributed by atoms with Crippen molar-refractivity contribution in [1.29, 1.82) is 5.26 Å². The molecule has 0 aliphatic rings. The molecule has 0 amide bonds. The van der Waals surface area contributed by atoms with Crippen molar-refractivity contribution in [2.24, 2.45) is 0 Å². The van der Waals surface area contributed by atoms with Crippen LogP contribution in [0.2, 0.25) is 0 Å². The predicted octanol–water partition coefficient (Wildman–Crippen LogP) is 1.68. The number of imidazole rings is 1. The van der Waals surface area contributed by atoms with E-state index in [-0.39, 0.29) is 11.5 Å². The molecule has 0 saturated heterocycles. The van der Waals surface area contributed by atoms with Crippen molar-refractivity contribution in [2.75, 3.05) is 12.8 Å². The van der Waals surface area contributed by atoms with E-state index < -0.39 is 5.97 Å². The van der Waals surface area contributed by atoms with Crippen LogP contribution in [0.4, 0.5) is 5.82 Å². The topological polar surface area (TPSA) is 93.9 Å². The maximum Gasteiger partial charge on any atom is 0.360 e. The van der Waals surface area contributed by atoms with Crippen LogP contribution in [0.3, 0.4) is 0 Å². The Balaban J connectivity index is 2.57. The van der Waals surface area contributed by atoms with Gasteiger partial charge in [0.05, 0.1) is 18.7 Å². The molecule has 1 aromatic heterocycles. The summed E-state index contributed by atoms with van der Waals surface area (Å²) >= 11 is 0. The third-order valence-electron chi connectivity index (χ3n) is 2.93. The van der Waals surface area contributed by atoms with Crippen LogP contribution in [0.25, 0.3) is 5.69 Å². The number of esters is 1. The molecule has 20 heavy (non-hydrogen) atoms. The van der Waals surface area contributed by atoms with Crippen molar-refractivity contribution in [2.45, 2.75) is 13.3 Å². The van der Waals surface area contributed by atoms with E-state index in [0.717, 1.165) is 5.69 Å². The fourth-order valence-corrected chi connectivity index (χ4v) is 1.94. The molecule has 1 aromatic carbocycles. The van der Waals surface area contributed by atoms with Crippen LogP contribution < -0.4 is 5.73 Å². The van der Waals surface area contributed by atoms with Crippen molar-refractivity contribution >= 4 is 11.8 Å². The number of nitrogens with two attached hydrogens (primary N) is 1. The van der Waals surface area contributed by atoms with Crippen LogP contribution in [0, 0.1) is 11.3 Å². The number of carbonyl (C=O) groups is 1. The SMILES string of the molecule is CCc1nc(C(=O)OC)c(N)n1-c1ccc(C#N)cc1. The molecule has 0 bridgehead atoms. The highest BCUT2D eigenvalue weighted by molar-refractivity contribution is 5.92. The smallest absolute Gasteiger partial charge is 0.360 e. The highest BCUT2D eigenvalue weighted by atomic mass is 16.5. The third kappa shape index (κ3) is 2.21. The average molecular weight is 270 g/mol. The summed E-state index contributed by atoms with van der Waals surface area (Å²) in [5.41, 5.74) is 7.40. The first-order chi connectivity index (χ1) is 9.62. The van der Waals surface area contributed by atoms with Gasteiger partial charge in [-0.15, -0.1) is 0 Å². The van der Waals surface area contributed by atoms with Gasteiger partial charge in [0, 0.05) is 12.1 Å². The zero-order chi connectivity index (χ0) is 14.7. The number of nitrogen functional groups attached to an aromatic ring is 1. The van der Waals surface area contributed by atoms with E-state index >= 15 is 0 Å². The molecule has 0 spiro atoms. The van der Waals surface area contributed by atoms with E-state index in [2.05, 4.69) is 15.8 Å². The molecule has 102 valence electrons. The average Bonchev–Trinajstić information content (AvgIpc) is 2.83. The van der Waals surface area contributed by atoms with Gasteiger partial charge in [-0.1, -0.05) is 6.92 Å². The third-order valence-corrected chi connectivity index (χ3v) is 2.93. The van der Waals surface area contributed by atoms with Crippen LogP contribution in [0.1, 0.15) is 28.8 Å². The summed E-state index contributed by atoms with van der Waals surface area (Å²) < 4.78 is 6.35. The van der Waals surface area contributed by atoms with E-state index in [1.165, 1.54) is 7.11 Å². The zero-order valence-corrected chi connectivity index (χ0v) is 11.3. The molecule has 1 heterocycles. The van der Waals surface area contributed by atoms with Crippen LogP contribution in [0.15, 0.2) is 24.3 Å². The number of benzene rings is 1. The van der Waals surface area contributed by atoms with Crippen LogP contribution in [0.5, 0.6) is 0 Å². The zero-order valence-electron chi connectivity index (χ0n) is 11.3. The number of anilines is 1. The quantitative estimate of drug-likeness (QED) is 0.856. The van der Waals surface area contributed by atoms with Gasteiger partial charge < -0.3 is 10.5 Å². The lowest BCUT2D eigenvalue weighted by Gasteiger charge is -2.08. The second kappa shape index (κ2) is 5.45. The molecule has 6 heteroatoms. The first-order valence-electron chi connectivity index (χ1n) is 6.08. The molecular formula is C14H14N4O2. The highest BCUT2D eigenvalue weighted by Gasteiger charge is 2.21. The lowest BCUT2D eigenvalue weighted by molar-refractivity contribution is 0.0596. The molecule has 0 aliphatic carbocycles. The Hall–Kier alpha value is -2.81. The summed E-state index contributed by atoms with van der Waals surface area (Å²) in [5.74, 6) is 0.329. The Morgan fingerprint density at radius 2 is 2.10 bits per heavy atom. The normalized spacial score (nSPS) is 10.1. The van der Waals surface area contributed by atoms with Crippen LogP contribution >= 0.6 is 0 Å². The number of ether oxygens (including phenoxy) is 1. The number of rotatable bonds is 3. The summed E-state index contributed by atoms with van der Waals surface area (Å²) in [4.78, 5) is 15.8. The fraction of sp³-hybridized carbons (Fsp3) is 0.214. The van der Waals surface area contributed by atoms with Gasteiger partial charge in [-0.05, 0) is 24.3 Å². The Bertz CT molecular complexity index is 680. The first-order valence-corrected chi connectivity index (χ1v) is 6.08. The van der Waals surface area contributed by atoms with Gasteiger partial charge in [0.1, 0.15) is 11.6 Å². The molecule has 0 aliphatic heterocycles. The van der Waals surface area contributed by atoms with Gasteiger partial charge in [-0.3, -0.25) is 4.57 Å². The fourth-order valence-electron chi connectivity index (χ4n) is 1.94. The van der Waals surface area contributed by atoms with Gasteiger partial charge in [0.2, 0.25) is 0 Å². The number of hydrogen-bond acceptors (Lipinski definition) is 5. The van der Waals surface area contributed by atoms with Gasteiger partial charge >= 0.3 is 5.97 Å². The number of aromatic nitrogens is 2. The summed E-state index contributed by atoms with van der Waals surface area (Å²) in [6.45, 7) is 1.92. The number of methoxy groups -OCH3 is 1. The second-order valence-electron chi connectivity index (χ2n) is 4.10. The number of hydrogen-bond donors (Lipinski definition) is 1. The Labute approximate surface area is 116 Å². The first kappa shape index (κ1) is 13.6. The molecule has 6 nitrogen and oxygen atoms in total. The molecule has 0 radical (unpaired) electrons. The molecule has 0 fully saturated rings. The van der Waals surface area contributed by atoms with E-state index in [1.807, 2.05) is 6.92 Å². The van der Waals surface area contributed by atoms with Gasteiger partial charge in [0.25, 0.3) is 0 Å². The van der Waals surface area contributed by atoms with Crippen molar-refractivity contribution in [3.05, 3.63) is 41.3 Å². The van der Waals surface area contributed by atoms with Crippen LogP contribution in [-0.2, 0) is 11.2 Å². The number of nitriles is 1. The minimum Gasteiger partial charge on any atom is -0.464 e. The highest BCUT2D eigenvalue weighted by Crippen LogP contribution is 2.22. The molecule has 0 saturated carbocycles. The Morgan fingerprint density at radius 3 is 2.60 bits per heavy atom. The maximum atomic E-state index is 11.6. The Morgan fingerprint density at radius 1 is 1.45 bits per heavy atom. The molecule has 2 N–H and O–H groups in total. The molecular weight excluding hydrogens is 256 g/mol. The van der Waals surface area contributed by atoms with E-state index in [4.69, 9.17) is 11.0 Å². The van der Waals surface area contributed by atoms with Gasteiger partial charge in [-0.25, -0.2) is 9.78 Å². The molecule has 2 aromatic rings.